The van der Waals surface area contributed by atoms with Gasteiger partial charge in [0.1, 0.15) is 5.82 Å². The molecule has 0 saturated heterocycles. The molecule has 0 spiro atoms. The summed E-state index contributed by atoms with van der Waals surface area (Å²) in [5.41, 5.74) is 6.98. The number of primary amides is 1. The topological polar surface area (TPSA) is 130 Å². The lowest BCUT2D eigenvalue weighted by atomic mass is 10.1. The zero-order valence-corrected chi connectivity index (χ0v) is 17.7. The fourth-order valence-corrected chi connectivity index (χ4v) is 2.86. The molecule has 2 amide bonds. The van der Waals surface area contributed by atoms with Crippen LogP contribution in [0.3, 0.4) is 0 Å². The quantitative estimate of drug-likeness (QED) is 0.493. The molecule has 0 radical (unpaired) electrons. The van der Waals surface area contributed by atoms with Gasteiger partial charge in [0.2, 0.25) is 17.6 Å². The number of hydrogen-bond acceptors (Lipinski definition) is 7. The highest BCUT2D eigenvalue weighted by Gasteiger charge is 2.12. The molecule has 1 aromatic heterocycles. The van der Waals surface area contributed by atoms with Crippen molar-refractivity contribution in [1.29, 1.82) is 0 Å². The van der Waals surface area contributed by atoms with E-state index in [4.69, 9.17) is 19.7 Å². The Bertz CT molecular complexity index is 1120. The number of carbonyl (C=O) groups is 2. The van der Waals surface area contributed by atoms with Crippen LogP contribution in [0.4, 0.5) is 4.39 Å². The predicted molar refractivity (Wildman–Crippen MR) is 112 cm³/mol. The normalized spacial score (nSPS) is 10.6. The van der Waals surface area contributed by atoms with Crippen LogP contribution in [-0.2, 0) is 22.6 Å². The Labute approximate surface area is 183 Å². The fraction of sp³-hybridized carbons (Fsp3) is 0.273. The van der Waals surface area contributed by atoms with E-state index in [2.05, 4.69) is 15.5 Å². The van der Waals surface area contributed by atoms with E-state index in [1.165, 1.54) is 13.2 Å². The van der Waals surface area contributed by atoms with E-state index in [1.54, 1.807) is 37.3 Å². The Balaban J connectivity index is 1.51. The summed E-state index contributed by atoms with van der Waals surface area (Å²) >= 11 is 0. The van der Waals surface area contributed by atoms with Crippen molar-refractivity contribution in [3.63, 3.8) is 0 Å². The second-order valence-corrected chi connectivity index (χ2v) is 6.99. The van der Waals surface area contributed by atoms with E-state index < -0.39 is 5.91 Å². The van der Waals surface area contributed by atoms with Crippen LogP contribution in [0.5, 0.6) is 11.5 Å². The summed E-state index contributed by atoms with van der Waals surface area (Å²) in [7, 11) is 1.47. The smallest absolute Gasteiger partial charge is 0.255 e. The SMILES string of the molecule is COc1cc(CNC(=O)CCc2nc(-c3ccc(F)c(C)c3)no2)ccc1OCC(N)=O. The fourth-order valence-electron chi connectivity index (χ4n) is 2.86. The first-order valence-corrected chi connectivity index (χ1v) is 9.79. The first-order valence-electron chi connectivity index (χ1n) is 9.79. The van der Waals surface area contributed by atoms with Crippen LogP contribution in [-0.4, -0.2) is 35.7 Å². The molecule has 0 aliphatic rings. The molecule has 1 heterocycles. The number of benzene rings is 2. The third-order valence-corrected chi connectivity index (χ3v) is 4.54. The van der Waals surface area contributed by atoms with Gasteiger partial charge in [0.15, 0.2) is 18.1 Å². The summed E-state index contributed by atoms with van der Waals surface area (Å²) in [6, 6.07) is 9.64. The minimum atomic E-state index is -0.593. The number of carbonyl (C=O) groups excluding carboxylic acids is 2. The van der Waals surface area contributed by atoms with Crippen LogP contribution < -0.4 is 20.5 Å². The van der Waals surface area contributed by atoms with Gasteiger partial charge in [-0.15, -0.1) is 0 Å². The summed E-state index contributed by atoms with van der Waals surface area (Å²) in [4.78, 5) is 27.3. The summed E-state index contributed by atoms with van der Waals surface area (Å²) in [5.74, 6) is 0.362. The van der Waals surface area contributed by atoms with Gasteiger partial charge in [-0.1, -0.05) is 11.2 Å². The van der Waals surface area contributed by atoms with Crippen LogP contribution in [0.2, 0.25) is 0 Å². The van der Waals surface area contributed by atoms with Crippen molar-refractivity contribution < 1.29 is 28.0 Å². The monoisotopic (exact) mass is 442 g/mol. The molecule has 32 heavy (non-hydrogen) atoms. The molecule has 0 bridgehead atoms. The maximum absolute atomic E-state index is 13.4. The number of nitrogens with zero attached hydrogens (tertiary/aromatic N) is 2. The molecule has 0 atom stereocenters. The van der Waals surface area contributed by atoms with Gasteiger partial charge in [-0.25, -0.2) is 4.39 Å². The van der Waals surface area contributed by atoms with Crippen molar-refractivity contribution >= 4 is 11.8 Å². The summed E-state index contributed by atoms with van der Waals surface area (Å²) in [6.45, 7) is 1.67. The predicted octanol–water partition coefficient (Wildman–Crippen LogP) is 2.31. The molecule has 3 rings (SSSR count). The molecule has 0 saturated carbocycles. The third-order valence-electron chi connectivity index (χ3n) is 4.54. The van der Waals surface area contributed by atoms with Gasteiger partial charge in [0.05, 0.1) is 7.11 Å². The number of methoxy groups -OCH3 is 1. The van der Waals surface area contributed by atoms with Crippen molar-refractivity contribution in [1.82, 2.24) is 15.5 Å². The molecule has 0 unspecified atom stereocenters. The van der Waals surface area contributed by atoms with E-state index in [1.807, 2.05) is 0 Å². The minimum absolute atomic E-state index is 0.154. The molecular formula is C22H23FN4O5. The number of aryl methyl sites for hydroxylation is 2. The van der Waals surface area contributed by atoms with Gasteiger partial charge in [-0.3, -0.25) is 9.59 Å². The molecule has 0 aliphatic carbocycles. The first-order chi connectivity index (χ1) is 15.4. The molecule has 0 aliphatic heterocycles. The zero-order chi connectivity index (χ0) is 23.1. The van der Waals surface area contributed by atoms with Gasteiger partial charge in [-0.2, -0.15) is 4.98 Å². The molecule has 9 nitrogen and oxygen atoms in total. The minimum Gasteiger partial charge on any atom is -0.493 e. The third kappa shape index (κ3) is 6.03. The standard InChI is InChI=1S/C22H23FN4O5/c1-13-9-15(4-5-16(13)23)22-26-21(32-27-22)8-7-20(29)25-11-14-3-6-17(18(10-14)30-2)31-12-19(24)28/h3-6,9-10H,7-8,11-12H2,1-2H3,(H2,24,28)(H,25,29). The number of hydrogen-bond donors (Lipinski definition) is 2. The Morgan fingerprint density at radius 1 is 1.19 bits per heavy atom. The van der Waals surface area contributed by atoms with Crippen LogP contribution in [0, 0.1) is 12.7 Å². The second-order valence-electron chi connectivity index (χ2n) is 6.99. The lowest BCUT2D eigenvalue weighted by Gasteiger charge is -2.11. The van der Waals surface area contributed by atoms with E-state index in [0.717, 1.165) is 5.56 Å². The molecule has 3 aromatic rings. The lowest BCUT2D eigenvalue weighted by molar-refractivity contribution is -0.121. The number of halogens is 1. The summed E-state index contributed by atoms with van der Waals surface area (Å²) in [6.07, 6.45) is 0.420. The van der Waals surface area contributed by atoms with Crippen molar-refractivity contribution in [3.05, 3.63) is 59.2 Å². The van der Waals surface area contributed by atoms with Gasteiger partial charge in [-0.05, 0) is 48.4 Å². The summed E-state index contributed by atoms with van der Waals surface area (Å²) < 4.78 is 29.1. The van der Waals surface area contributed by atoms with E-state index in [9.17, 15) is 14.0 Å². The van der Waals surface area contributed by atoms with Gasteiger partial charge in [0.25, 0.3) is 5.91 Å². The Morgan fingerprint density at radius 3 is 2.72 bits per heavy atom. The number of aromatic nitrogens is 2. The van der Waals surface area contributed by atoms with Crippen LogP contribution >= 0.6 is 0 Å². The molecule has 168 valence electrons. The zero-order valence-electron chi connectivity index (χ0n) is 17.7. The van der Waals surface area contributed by atoms with Crippen LogP contribution in [0.1, 0.15) is 23.4 Å². The second kappa shape index (κ2) is 10.4. The Hall–Kier alpha value is -3.95. The highest BCUT2D eigenvalue weighted by molar-refractivity contribution is 5.76. The van der Waals surface area contributed by atoms with Crippen LogP contribution in [0.15, 0.2) is 40.9 Å². The summed E-state index contributed by atoms with van der Waals surface area (Å²) in [5, 5.41) is 6.69. The van der Waals surface area contributed by atoms with Gasteiger partial charge in [0, 0.05) is 24.9 Å². The van der Waals surface area contributed by atoms with E-state index in [-0.39, 0.29) is 37.7 Å². The Kier molecular flexibility index (Phi) is 7.37. The number of ether oxygens (including phenoxy) is 2. The average Bonchev–Trinajstić information content (AvgIpc) is 3.26. The maximum Gasteiger partial charge on any atom is 0.255 e. The van der Waals surface area contributed by atoms with Gasteiger partial charge < -0.3 is 25.0 Å². The maximum atomic E-state index is 13.4. The van der Waals surface area contributed by atoms with Crippen LogP contribution in [0.25, 0.3) is 11.4 Å². The molecule has 2 aromatic carbocycles. The number of nitrogens with one attached hydrogen (secondary N) is 1. The van der Waals surface area contributed by atoms with E-state index in [0.29, 0.717) is 34.3 Å². The van der Waals surface area contributed by atoms with Crippen molar-refractivity contribution in [2.75, 3.05) is 13.7 Å². The largest absolute Gasteiger partial charge is 0.493 e. The molecular weight excluding hydrogens is 419 g/mol. The van der Waals surface area contributed by atoms with Crippen molar-refractivity contribution in [3.8, 4) is 22.9 Å². The number of amides is 2. The Morgan fingerprint density at radius 2 is 2.00 bits per heavy atom. The number of rotatable bonds is 10. The number of nitrogens with two attached hydrogens (primary N) is 1. The molecule has 10 heteroatoms. The van der Waals surface area contributed by atoms with Crippen molar-refractivity contribution in [2.24, 2.45) is 5.73 Å². The highest BCUT2D eigenvalue weighted by atomic mass is 19.1. The van der Waals surface area contributed by atoms with E-state index >= 15 is 0 Å². The average molecular weight is 442 g/mol. The lowest BCUT2D eigenvalue weighted by Crippen LogP contribution is -2.23. The molecule has 0 fully saturated rings. The highest BCUT2D eigenvalue weighted by Crippen LogP contribution is 2.28. The first kappa shape index (κ1) is 22.7. The van der Waals surface area contributed by atoms with Crippen molar-refractivity contribution in [2.45, 2.75) is 26.3 Å². The molecule has 3 N–H and O–H groups in total. The van der Waals surface area contributed by atoms with Gasteiger partial charge >= 0.3 is 0 Å².